The van der Waals surface area contributed by atoms with Crippen molar-refractivity contribution in [3.05, 3.63) is 42.0 Å². The predicted molar refractivity (Wildman–Crippen MR) is 125 cm³/mol. The van der Waals surface area contributed by atoms with Crippen molar-refractivity contribution in [3.63, 3.8) is 0 Å². The largest absolute Gasteiger partial charge is 0.508 e. The molecule has 7 heteroatoms. The third-order valence-electron chi connectivity index (χ3n) is 5.19. The summed E-state index contributed by atoms with van der Waals surface area (Å²) in [6, 6.07) is 5.69. The van der Waals surface area contributed by atoms with Gasteiger partial charge in [-0.15, -0.1) is 0 Å². The molecule has 0 aliphatic rings. The highest BCUT2D eigenvalue weighted by atomic mass is 16.4. The number of amides is 2. The van der Waals surface area contributed by atoms with Gasteiger partial charge < -0.3 is 20.8 Å². The van der Waals surface area contributed by atoms with Crippen LogP contribution >= 0.6 is 0 Å². The van der Waals surface area contributed by atoms with Crippen molar-refractivity contribution in [3.8, 4) is 5.75 Å². The van der Waals surface area contributed by atoms with Gasteiger partial charge >= 0.3 is 5.97 Å². The maximum absolute atomic E-state index is 12.6. The Morgan fingerprint density at radius 3 is 2.12 bits per heavy atom. The van der Waals surface area contributed by atoms with E-state index in [0.717, 1.165) is 30.9 Å². The number of carbonyl (C=O) groups excluding carboxylic acids is 2. The van der Waals surface area contributed by atoms with Crippen molar-refractivity contribution in [1.82, 2.24) is 10.6 Å². The van der Waals surface area contributed by atoms with Crippen LogP contribution in [0.25, 0.3) is 0 Å². The van der Waals surface area contributed by atoms with Gasteiger partial charge in [0.15, 0.2) is 0 Å². The van der Waals surface area contributed by atoms with Gasteiger partial charge in [-0.05, 0) is 24.1 Å². The summed E-state index contributed by atoms with van der Waals surface area (Å²) >= 11 is 0. The number of phenols is 1. The van der Waals surface area contributed by atoms with E-state index in [1.807, 2.05) is 0 Å². The molecule has 0 radical (unpaired) electrons. The molecule has 0 unspecified atom stereocenters. The van der Waals surface area contributed by atoms with Crippen molar-refractivity contribution in [1.29, 1.82) is 0 Å². The number of carboxylic acids is 1. The lowest BCUT2D eigenvalue weighted by atomic mass is 10.0. The van der Waals surface area contributed by atoms with E-state index in [1.54, 1.807) is 12.1 Å². The van der Waals surface area contributed by atoms with Gasteiger partial charge in [-0.2, -0.15) is 0 Å². The molecule has 7 nitrogen and oxygen atoms in total. The maximum Gasteiger partial charge on any atom is 0.328 e. The average molecular weight is 447 g/mol. The first-order valence-electron chi connectivity index (χ1n) is 11.7. The molecule has 1 aromatic carbocycles. The third kappa shape index (κ3) is 13.5. The molecule has 0 heterocycles. The minimum Gasteiger partial charge on any atom is -0.508 e. The Hall–Kier alpha value is -2.83. The van der Waals surface area contributed by atoms with E-state index in [1.165, 1.54) is 56.7 Å². The minimum atomic E-state index is -1.09. The number of benzene rings is 1. The van der Waals surface area contributed by atoms with Gasteiger partial charge in [0.05, 0.1) is 0 Å². The number of rotatable bonds is 17. The van der Waals surface area contributed by atoms with Gasteiger partial charge in [0, 0.05) is 25.5 Å². The standard InChI is InChI=1S/C25H38N2O5/c1-2-3-4-5-6-7-8-9-10-12-23(29)27-22(19-20-14-16-21(28)17-15-20)25(32)26-18-11-13-24(30)31/h11,13-17,22,28H,2-10,12,18-19H2,1H3,(H,26,32)(H,27,29)(H,30,31)/b13-11+/t22-/m0/s1. The highest BCUT2D eigenvalue weighted by Crippen LogP contribution is 2.13. The highest BCUT2D eigenvalue weighted by Gasteiger charge is 2.20. The van der Waals surface area contributed by atoms with Crippen LogP contribution in [0.1, 0.15) is 76.7 Å². The lowest BCUT2D eigenvalue weighted by molar-refractivity contribution is -0.131. The van der Waals surface area contributed by atoms with Crippen molar-refractivity contribution in [2.24, 2.45) is 0 Å². The number of nitrogens with one attached hydrogen (secondary N) is 2. The normalized spacial score (nSPS) is 11.9. The van der Waals surface area contributed by atoms with E-state index in [2.05, 4.69) is 17.6 Å². The number of aromatic hydroxyl groups is 1. The molecular weight excluding hydrogens is 408 g/mol. The molecule has 2 amide bonds. The summed E-state index contributed by atoms with van der Waals surface area (Å²) in [6.07, 6.45) is 13.4. The molecule has 0 aliphatic carbocycles. The molecule has 0 aliphatic heterocycles. The minimum absolute atomic E-state index is 0.0609. The first-order valence-corrected chi connectivity index (χ1v) is 11.7. The summed E-state index contributed by atoms with van der Waals surface area (Å²) in [4.78, 5) is 35.5. The summed E-state index contributed by atoms with van der Waals surface area (Å²) in [5, 5.41) is 23.5. The summed E-state index contributed by atoms with van der Waals surface area (Å²) in [6.45, 7) is 2.27. The Morgan fingerprint density at radius 1 is 0.938 bits per heavy atom. The van der Waals surface area contributed by atoms with Crippen molar-refractivity contribution >= 4 is 17.8 Å². The van der Waals surface area contributed by atoms with Crippen LogP contribution in [0.2, 0.25) is 0 Å². The second-order valence-corrected chi connectivity index (χ2v) is 8.05. The second-order valence-electron chi connectivity index (χ2n) is 8.05. The molecule has 178 valence electrons. The Morgan fingerprint density at radius 2 is 1.53 bits per heavy atom. The number of phenolic OH excluding ortho intramolecular Hbond substituents is 1. The summed E-state index contributed by atoms with van der Waals surface area (Å²) in [5.74, 6) is -1.52. The number of carboxylic acid groups (broad SMARTS) is 1. The summed E-state index contributed by atoms with van der Waals surface area (Å²) < 4.78 is 0. The van der Waals surface area contributed by atoms with Crippen molar-refractivity contribution in [2.75, 3.05) is 6.54 Å². The number of hydrogen-bond donors (Lipinski definition) is 4. The zero-order valence-corrected chi connectivity index (χ0v) is 19.1. The van der Waals surface area contributed by atoms with Gasteiger partial charge in [-0.25, -0.2) is 4.79 Å². The Kier molecular flexibility index (Phi) is 14.3. The molecule has 0 fully saturated rings. The van der Waals surface area contributed by atoms with Crippen molar-refractivity contribution in [2.45, 2.75) is 83.6 Å². The molecule has 0 saturated carbocycles. The van der Waals surface area contributed by atoms with Crippen LogP contribution in [0.5, 0.6) is 5.75 Å². The number of unbranched alkanes of at least 4 members (excludes halogenated alkanes) is 8. The summed E-state index contributed by atoms with van der Waals surface area (Å²) in [7, 11) is 0. The second kappa shape index (κ2) is 16.8. The predicted octanol–water partition coefficient (Wildman–Crippen LogP) is 4.10. The van der Waals surface area contributed by atoms with Crippen LogP contribution < -0.4 is 10.6 Å². The van der Waals surface area contributed by atoms with Crippen LogP contribution in [0.15, 0.2) is 36.4 Å². The monoisotopic (exact) mass is 446 g/mol. The van der Waals surface area contributed by atoms with E-state index in [-0.39, 0.29) is 30.5 Å². The van der Waals surface area contributed by atoms with E-state index >= 15 is 0 Å². The molecule has 0 bridgehead atoms. The molecule has 0 saturated heterocycles. The van der Waals surface area contributed by atoms with Crippen LogP contribution in [0.4, 0.5) is 0 Å². The van der Waals surface area contributed by atoms with E-state index in [0.29, 0.717) is 6.42 Å². The molecule has 32 heavy (non-hydrogen) atoms. The fraction of sp³-hybridized carbons (Fsp3) is 0.560. The lowest BCUT2D eigenvalue weighted by Gasteiger charge is -2.18. The Bertz CT molecular complexity index is 716. The fourth-order valence-electron chi connectivity index (χ4n) is 3.38. The van der Waals surface area contributed by atoms with Crippen molar-refractivity contribution < 1.29 is 24.6 Å². The quantitative estimate of drug-likeness (QED) is 0.212. The molecule has 1 atom stereocenters. The lowest BCUT2D eigenvalue weighted by Crippen LogP contribution is -2.48. The van der Waals surface area contributed by atoms with Crippen LogP contribution in [-0.4, -0.2) is 40.6 Å². The zero-order chi connectivity index (χ0) is 23.6. The first-order chi connectivity index (χ1) is 15.4. The van der Waals surface area contributed by atoms with E-state index in [4.69, 9.17) is 5.11 Å². The third-order valence-corrected chi connectivity index (χ3v) is 5.19. The van der Waals surface area contributed by atoms with E-state index < -0.39 is 12.0 Å². The number of aliphatic carboxylic acids is 1. The van der Waals surface area contributed by atoms with Crippen LogP contribution in [-0.2, 0) is 20.8 Å². The zero-order valence-electron chi connectivity index (χ0n) is 19.1. The Balaban J connectivity index is 2.46. The number of carbonyl (C=O) groups is 3. The smallest absolute Gasteiger partial charge is 0.328 e. The number of hydrogen-bond acceptors (Lipinski definition) is 4. The van der Waals surface area contributed by atoms with Crippen LogP contribution in [0.3, 0.4) is 0 Å². The molecule has 1 aromatic rings. The first kappa shape index (κ1) is 27.2. The summed E-state index contributed by atoms with van der Waals surface area (Å²) in [5.41, 5.74) is 0.799. The fourth-order valence-corrected chi connectivity index (χ4v) is 3.38. The molecule has 4 N–H and O–H groups in total. The Labute approximate surface area is 191 Å². The van der Waals surface area contributed by atoms with Gasteiger partial charge in [0.25, 0.3) is 0 Å². The SMILES string of the molecule is CCCCCCCCCCCC(=O)N[C@@H](Cc1ccc(O)cc1)C(=O)NC/C=C/C(=O)O. The highest BCUT2D eigenvalue weighted by molar-refractivity contribution is 5.88. The van der Waals surface area contributed by atoms with Crippen LogP contribution in [0, 0.1) is 0 Å². The maximum atomic E-state index is 12.6. The molecule has 1 rings (SSSR count). The molecule has 0 aromatic heterocycles. The van der Waals surface area contributed by atoms with E-state index in [9.17, 15) is 19.5 Å². The van der Waals surface area contributed by atoms with Gasteiger partial charge in [0.1, 0.15) is 11.8 Å². The molecular formula is C25H38N2O5. The molecule has 0 spiro atoms. The van der Waals surface area contributed by atoms with Gasteiger partial charge in [-0.1, -0.05) is 76.5 Å². The average Bonchev–Trinajstić information content (AvgIpc) is 2.76. The van der Waals surface area contributed by atoms with Gasteiger partial charge in [0.2, 0.25) is 11.8 Å². The van der Waals surface area contributed by atoms with Gasteiger partial charge in [-0.3, -0.25) is 9.59 Å². The topological polar surface area (TPSA) is 116 Å².